The van der Waals surface area contributed by atoms with E-state index in [-0.39, 0.29) is 11.9 Å². The maximum atomic E-state index is 12.4. The van der Waals surface area contributed by atoms with Crippen LogP contribution in [0.25, 0.3) is 0 Å². The Hall–Kier alpha value is -3.59. The van der Waals surface area contributed by atoms with Crippen LogP contribution >= 0.6 is 0 Å². The molecule has 3 aromatic rings. The largest absolute Gasteiger partial charge is 0.383 e. The number of ether oxygens (including phenoxy) is 1. The molecule has 0 aliphatic carbocycles. The minimum Gasteiger partial charge on any atom is -0.383 e. The first-order valence-electron chi connectivity index (χ1n) is 10.8. The fourth-order valence-electron chi connectivity index (χ4n) is 3.66. The molecule has 0 saturated carbocycles. The molecule has 1 unspecified atom stereocenters. The van der Waals surface area contributed by atoms with Gasteiger partial charge in [-0.1, -0.05) is 25.1 Å². The van der Waals surface area contributed by atoms with E-state index in [9.17, 15) is 4.79 Å². The van der Waals surface area contributed by atoms with Crippen molar-refractivity contribution in [3.05, 3.63) is 60.0 Å². The lowest BCUT2D eigenvalue weighted by Crippen LogP contribution is -2.34. The summed E-state index contributed by atoms with van der Waals surface area (Å²) in [6.07, 6.45) is 4.35. The molecule has 4 rings (SSSR count). The molecular weight excluding hydrogens is 406 g/mol. The Labute approximate surface area is 187 Å². The van der Waals surface area contributed by atoms with E-state index < -0.39 is 0 Å². The molecule has 32 heavy (non-hydrogen) atoms. The van der Waals surface area contributed by atoms with Crippen LogP contribution in [0.3, 0.4) is 0 Å². The minimum absolute atomic E-state index is 0.218. The number of benzene rings is 1. The Balaban J connectivity index is 1.48. The number of aryl methyl sites for hydroxylation is 1. The molecule has 2 N–H and O–H groups in total. The highest BCUT2D eigenvalue weighted by atomic mass is 16.5. The Bertz CT molecular complexity index is 1040. The van der Waals surface area contributed by atoms with Crippen molar-refractivity contribution in [1.82, 2.24) is 19.9 Å². The van der Waals surface area contributed by atoms with Gasteiger partial charge < -0.3 is 20.3 Å². The molecule has 1 aromatic carbocycles. The first kappa shape index (κ1) is 21.6. The predicted octanol–water partition coefficient (Wildman–Crippen LogP) is 3.44. The van der Waals surface area contributed by atoms with Crippen molar-refractivity contribution in [3.63, 3.8) is 0 Å². The van der Waals surface area contributed by atoms with E-state index >= 15 is 0 Å². The van der Waals surface area contributed by atoms with E-state index in [0.29, 0.717) is 42.1 Å². The monoisotopic (exact) mass is 433 g/mol. The van der Waals surface area contributed by atoms with Gasteiger partial charge in [0.15, 0.2) is 0 Å². The molecule has 0 radical (unpaired) electrons. The zero-order chi connectivity index (χ0) is 22.3. The summed E-state index contributed by atoms with van der Waals surface area (Å²) in [6, 6.07) is 13.0. The quantitative estimate of drug-likeness (QED) is 0.557. The van der Waals surface area contributed by atoms with E-state index in [0.717, 1.165) is 25.1 Å². The lowest BCUT2D eigenvalue weighted by Gasteiger charge is -2.24. The molecule has 3 heterocycles. The van der Waals surface area contributed by atoms with Crippen LogP contribution in [0.5, 0.6) is 0 Å². The zero-order valence-corrected chi connectivity index (χ0v) is 18.3. The van der Waals surface area contributed by atoms with Gasteiger partial charge in [-0.25, -0.2) is 4.98 Å². The lowest BCUT2D eigenvalue weighted by atomic mass is 10.2. The summed E-state index contributed by atoms with van der Waals surface area (Å²) in [7, 11) is 1.71. The minimum atomic E-state index is -0.218. The summed E-state index contributed by atoms with van der Waals surface area (Å²) in [4.78, 5) is 32.7. The second-order valence-corrected chi connectivity index (χ2v) is 7.55. The second kappa shape index (κ2) is 10.1. The van der Waals surface area contributed by atoms with Gasteiger partial charge in [0, 0.05) is 32.0 Å². The van der Waals surface area contributed by atoms with E-state index in [1.165, 1.54) is 6.20 Å². The zero-order valence-electron chi connectivity index (χ0n) is 18.3. The fourth-order valence-corrected chi connectivity index (χ4v) is 3.66. The van der Waals surface area contributed by atoms with Crippen molar-refractivity contribution in [3.8, 4) is 0 Å². The third-order valence-corrected chi connectivity index (χ3v) is 5.28. The molecular formula is C23H27N7O2. The van der Waals surface area contributed by atoms with Gasteiger partial charge in [0.05, 0.1) is 18.2 Å². The topological polar surface area (TPSA) is 105 Å². The normalized spacial score (nSPS) is 15.6. The van der Waals surface area contributed by atoms with Crippen LogP contribution in [-0.4, -0.2) is 52.1 Å². The van der Waals surface area contributed by atoms with Gasteiger partial charge in [0.25, 0.3) is 5.91 Å². The first-order valence-corrected chi connectivity index (χ1v) is 10.8. The molecule has 1 amide bonds. The highest BCUT2D eigenvalue weighted by Crippen LogP contribution is 2.24. The number of aromatic nitrogens is 4. The average Bonchev–Trinajstić information content (AvgIpc) is 3.28. The Morgan fingerprint density at radius 1 is 1.16 bits per heavy atom. The number of nitrogens with zero attached hydrogens (tertiary/aromatic N) is 5. The highest BCUT2D eigenvalue weighted by Gasteiger charge is 2.27. The molecule has 1 aliphatic rings. The number of carbonyl (C=O) groups is 1. The van der Waals surface area contributed by atoms with Crippen LogP contribution in [0.15, 0.2) is 48.7 Å². The van der Waals surface area contributed by atoms with Crippen molar-refractivity contribution in [2.24, 2.45) is 0 Å². The SMILES string of the molecule is CCc1nc(Nc2ccc(C(=O)Nc3ccccc3)cn2)nc(N2CCCC2COC)n1. The fraction of sp³-hybridized carbons (Fsp3) is 0.348. The third-order valence-electron chi connectivity index (χ3n) is 5.28. The van der Waals surface area contributed by atoms with Crippen molar-refractivity contribution in [1.29, 1.82) is 0 Å². The molecule has 1 fully saturated rings. The summed E-state index contributed by atoms with van der Waals surface area (Å²) < 4.78 is 5.36. The molecule has 2 aromatic heterocycles. The van der Waals surface area contributed by atoms with Gasteiger partial charge in [-0.3, -0.25) is 4.79 Å². The maximum Gasteiger partial charge on any atom is 0.257 e. The van der Waals surface area contributed by atoms with Gasteiger partial charge >= 0.3 is 0 Å². The number of hydrogen-bond acceptors (Lipinski definition) is 8. The van der Waals surface area contributed by atoms with Gasteiger partial charge in [0.2, 0.25) is 11.9 Å². The summed E-state index contributed by atoms with van der Waals surface area (Å²) in [5, 5.41) is 5.99. The van der Waals surface area contributed by atoms with Gasteiger partial charge in [-0.15, -0.1) is 0 Å². The molecule has 1 atom stereocenters. The van der Waals surface area contributed by atoms with Gasteiger partial charge in [-0.2, -0.15) is 15.0 Å². The molecule has 0 spiro atoms. The summed E-state index contributed by atoms with van der Waals surface area (Å²) in [5.41, 5.74) is 1.20. The van der Waals surface area contributed by atoms with Crippen LogP contribution in [0.1, 0.15) is 35.9 Å². The molecule has 1 aliphatic heterocycles. The summed E-state index contributed by atoms with van der Waals surface area (Å²) >= 11 is 0. The van der Waals surface area contributed by atoms with Gasteiger partial charge in [0.1, 0.15) is 11.6 Å². The Kier molecular flexibility index (Phi) is 6.86. The number of amides is 1. The number of para-hydroxylation sites is 1. The Morgan fingerprint density at radius 2 is 2.00 bits per heavy atom. The number of rotatable bonds is 8. The molecule has 1 saturated heterocycles. The summed E-state index contributed by atoms with van der Waals surface area (Å²) in [5.74, 6) is 2.13. The van der Waals surface area contributed by atoms with Crippen molar-refractivity contribution < 1.29 is 9.53 Å². The van der Waals surface area contributed by atoms with E-state index in [1.807, 2.05) is 37.3 Å². The predicted molar refractivity (Wildman–Crippen MR) is 123 cm³/mol. The first-order chi connectivity index (χ1) is 15.7. The average molecular weight is 434 g/mol. The molecule has 166 valence electrons. The number of methoxy groups -OCH3 is 1. The lowest BCUT2D eigenvalue weighted by molar-refractivity contribution is 0.102. The van der Waals surface area contributed by atoms with Crippen molar-refractivity contribution in [2.75, 3.05) is 35.8 Å². The Morgan fingerprint density at radius 3 is 2.72 bits per heavy atom. The number of nitrogens with one attached hydrogen (secondary N) is 2. The number of hydrogen-bond donors (Lipinski definition) is 2. The number of anilines is 4. The second-order valence-electron chi connectivity index (χ2n) is 7.55. The molecule has 9 nitrogen and oxygen atoms in total. The van der Waals surface area contributed by atoms with Crippen LogP contribution in [0, 0.1) is 0 Å². The van der Waals surface area contributed by atoms with E-state index in [2.05, 4.69) is 35.5 Å². The van der Waals surface area contributed by atoms with Crippen molar-refractivity contribution >= 4 is 29.3 Å². The van der Waals surface area contributed by atoms with Crippen molar-refractivity contribution in [2.45, 2.75) is 32.2 Å². The van der Waals surface area contributed by atoms with Crippen LogP contribution in [0.4, 0.5) is 23.4 Å². The summed E-state index contributed by atoms with van der Waals surface area (Å²) in [6.45, 7) is 3.55. The highest BCUT2D eigenvalue weighted by molar-refractivity contribution is 6.04. The smallest absolute Gasteiger partial charge is 0.257 e. The molecule has 9 heteroatoms. The molecule has 0 bridgehead atoms. The number of carbonyl (C=O) groups excluding carboxylic acids is 1. The maximum absolute atomic E-state index is 12.4. The van der Waals surface area contributed by atoms with Crippen LogP contribution in [-0.2, 0) is 11.2 Å². The van der Waals surface area contributed by atoms with Gasteiger partial charge in [-0.05, 0) is 37.1 Å². The van der Waals surface area contributed by atoms with Crippen LogP contribution < -0.4 is 15.5 Å². The third kappa shape index (κ3) is 5.17. The standard InChI is InChI=1S/C23H27N7O2/c1-3-19-26-22(29-23(28-19)30-13-7-10-18(30)15-32-2)27-20-12-11-16(14-24-20)21(31)25-17-8-5-4-6-9-17/h4-6,8-9,11-12,14,18H,3,7,10,13,15H2,1-2H3,(H,25,31)(H,24,26,27,28,29). The number of pyridine rings is 1. The van der Waals surface area contributed by atoms with E-state index in [4.69, 9.17) is 4.74 Å². The van der Waals surface area contributed by atoms with E-state index in [1.54, 1.807) is 19.2 Å². The van der Waals surface area contributed by atoms with Crippen LogP contribution in [0.2, 0.25) is 0 Å².